The lowest BCUT2D eigenvalue weighted by Gasteiger charge is -2.15. The van der Waals surface area contributed by atoms with E-state index in [1.807, 2.05) is 36.2 Å². The van der Waals surface area contributed by atoms with Crippen molar-refractivity contribution >= 4 is 5.97 Å². The molecule has 1 N–H and O–H groups in total. The smallest absolute Gasteiger partial charge is 0.358 e. The Bertz CT molecular complexity index is 594. The van der Waals surface area contributed by atoms with Gasteiger partial charge in [-0.2, -0.15) is 0 Å². The average Bonchev–Trinajstić information content (AvgIpc) is 2.87. The van der Waals surface area contributed by atoms with Crippen molar-refractivity contribution in [2.45, 2.75) is 13.1 Å². The van der Waals surface area contributed by atoms with Gasteiger partial charge in [-0.05, 0) is 24.7 Å². The second-order valence-corrected chi connectivity index (χ2v) is 4.51. The molecule has 0 saturated heterocycles. The standard InChI is InChI=1S/C14H16N2O4/c1-16(8-10-4-3-5-11(6-10)19-2)9-12-7-13(14(17)18)15-20-12/h3-7H,8-9H2,1-2H3,(H,17,18). The topological polar surface area (TPSA) is 75.8 Å². The maximum Gasteiger partial charge on any atom is 0.358 e. The first-order valence-electron chi connectivity index (χ1n) is 6.09. The van der Waals surface area contributed by atoms with Crippen molar-refractivity contribution < 1.29 is 19.2 Å². The number of aromatic carboxylic acids is 1. The van der Waals surface area contributed by atoms with Crippen molar-refractivity contribution in [2.75, 3.05) is 14.2 Å². The molecule has 106 valence electrons. The third-order valence-electron chi connectivity index (χ3n) is 2.79. The lowest BCUT2D eigenvalue weighted by molar-refractivity contribution is 0.0685. The van der Waals surface area contributed by atoms with Gasteiger partial charge in [0.25, 0.3) is 0 Å². The highest BCUT2D eigenvalue weighted by molar-refractivity contribution is 5.85. The number of benzene rings is 1. The van der Waals surface area contributed by atoms with Crippen LogP contribution in [0.3, 0.4) is 0 Å². The summed E-state index contributed by atoms with van der Waals surface area (Å²) in [6.45, 7) is 1.18. The first kappa shape index (κ1) is 14.1. The first-order valence-corrected chi connectivity index (χ1v) is 6.09. The second-order valence-electron chi connectivity index (χ2n) is 4.51. The molecular weight excluding hydrogens is 260 g/mol. The number of carboxylic acid groups (broad SMARTS) is 1. The molecule has 1 aromatic carbocycles. The SMILES string of the molecule is COc1cccc(CN(C)Cc2cc(C(=O)O)no2)c1. The summed E-state index contributed by atoms with van der Waals surface area (Å²) in [4.78, 5) is 12.7. The van der Waals surface area contributed by atoms with Gasteiger partial charge in [-0.15, -0.1) is 0 Å². The summed E-state index contributed by atoms with van der Waals surface area (Å²) in [6, 6.07) is 9.21. The largest absolute Gasteiger partial charge is 0.497 e. The van der Waals surface area contributed by atoms with Gasteiger partial charge in [-0.1, -0.05) is 17.3 Å². The van der Waals surface area contributed by atoms with E-state index in [4.69, 9.17) is 14.4 Å². The van der Waals surface area contributed by atoms with Gasteiger partial charge in [0.15, 0.2) is 11.5 Å². The molecule has 2 rings (SSSR count). The predicted octanol–water partition coefficient (Wildman–Crippen LogP) is 2.01. The van der Waals surface area contributed by atoms with Crippen LogP contribution in [-0.4, -0.2) is 35.3 Å². The van der Waals surface area contributed by atoms with Gasteiger partial charge in [0.2, 0.25) is 0 Å². The van der Waals surface area contributed by atoms with E-state index in [9.17, 15) is 4.79 Å². The highest BCUT2D eigenvalue weighted by atomic mass is 16.5. The molecular formula is C14H16N2O4. The lowest BCUT2D eigenvalue weighted by atomic mass is 10.2. The molecule has 0 unspecified atom stereocenters. The molecule has 6 nitrogen and oxygen atoms in total. The van der Waals surface area contributed by atoms with E-state index in [1.54, 1.807) is 7.11 Å². The fourth-order valence-corrected chi connectivity index (χ4v) is 1.89. The van der Waals surface area contributed by atoms with E-state index in [2.05, 4.69) is 5.16 Å². The Labute approximate surface area is 116 Å². The summed E-state index contributed by atoms with van der Waals surface area (Å²) in [7, 11) is 3.55. The van der Waals surface area contributed by atoms with E-state index in [0.717, 1.165) is 11.3 Å². The number of hydrogen-bond donors (Lipinski definition) is 1. The van der Waals surface area contributed by atoms with Gasteiger partial charge in [0.05, 0.1) is 13.7 Å². The van der Waals surface area contributed by atoms with Crippen molar-refractivity contribution in [3.05, 3.63) is 47.3 Å². The summed E-state index contributed by atoms with van der Waals surface area (Å²) >= 11 is 0. The molecule has 0 atom stereocenters. The highest BCUT2D eigenvalue weighted by Crippen LogP contribution is 2.15. The number of hydrogen-bond acceptors (Lipinski definition) is 5. The van der Waals surface area contributed by atoms with E-state index in [-0.39, 0.29) is 5.69 Å². The number of rotatable bonds is 6. The van der Waals surface area contributed by atoms with Crippen molar-refractivity contribution in [2.24, 2.45) is 0 Å². The van der Waals surface area contributed by atoms with E-state index in [0.29, 0.717) is 18.8 Å². The fourth-order valence-electron chi connectivity index (χ4n) is 1.89. The molecule has 0 bridgehead atoms. The van der Waals surface area contributed by atoms with Crippen molar-refractivity contribution in [1.29, 1.82) is 0 Å². The quantitative estimate of drug-likeness (QED) is 0.869. The normalized spacial score (nSPS) is 10.8. The minimum atomic E-state index is -1.09. The minimum absolute atomic E-state index is 0.0743. The molecule has 0 radical (unpaired) electrons. The monoisotopic (exact) mass is 276 g/mol. The summed E-state index contributed by atoms with van der Waals surface area (Å²) in [5, 5.41) is 12.3. The Morgan fingerprint density at radius 2 is 2.20 bits per heavy atom. The van der Waals surface area contributed by atoms with Crippen LogP contribution >= 0.6 is 0 Å². The average molecular weight is 276 g/mol. The maximum atomic E-state index is 10.7. The number of ether oxygens (including phenoxy) is 1. The molecule has 0 aliphatic rings. The summed E-state index contributed by atoms with van der Waals surface area (Å²) in [5.74, 6) is 0.243. The summed E-state index contributed by atoms with van der Waals surface area (Å²) in [6.07, 6.45) is 0. The van der Waals surface area contributed by atoms with Crippen molar-refractivity contribution in [3.8, 4) is 5.75 Å². The van der Waals surface area contributed by atoms with Crippen LogP contribution in [0.15, 0.2) is 34.9 Å². The zero-order chi connectivity index (χ0) is 14.5. The number of carbonyl (C=O) groups is 1. The van der Waals surface area contributed by atoms with Gasteiger partial charge >= 0.3 is 5.97 Å². The molecule has 0 aliphatic heterocycles. The van der Waals surface area contributed by atoms with Crippen LogP contribution in [0.5, 0.6) is 5.75 Å². The van der Waals surface area contributed by atoms with E-state index < -0.39 is 5.97 Å². The third kappa shape index (κ3) is 3.58. The maximum absolute atomic E-state index is 10.7. The summed E-state index contributed by atoms with van der Waals surface area (Å²) < 4.78 is 10.2. The second kappa shape index (κ2) is 6.21. The van der Waals surface area contributed by atoms with Crippen LogP contribution in [0.1, 0.15) is 21.8 Å². The Hall–Kier alpha value is -2.34. The molecule has 6 heteroatoms. The highest BCUT2D eigenvalue weighted by Gasteiger charge is 2.12. The number of methoxy groups -OCH3 is 1. The van der Waals surface area contributed by atoms with Gasteiger partial charge in [-0.3, -0.25) is 4.90 Å². The van der Waals surface area contributed by atoms with Crippen LogP contribution in [0.2, 0.25) is 0 Å². The molecule has 1 aromatic heterocycles. The Balaban J connectivity index is 1.97. The molecule has 0 saturated carbocycles. The molecule has 0 amide bonds. The number of nitrogens with zero attached hydrogens (tertiary/aromatic N) is 2. The molecule has 0 aliphatic carbocycles. The van der Waals surface area contributed by atoms with Crippen molar-refractivity contribution in [1.82, 2.24) is 10.1 Å². The zero-order valence-electron chi connectivity index (χ0n) is 11.4. The van der Waals surface area contributed by atoms with Gasteiger partial charge in [0, 0.05) is 12.6 Å². The molecule has 0 fully saturated rings. The lowest BCUT2D eigenvalue weighted by Crippen LogP contribution is -2.16. The Kier molecular flexibility index (Phi) is 4.37. The van der Waals surface area contributed by atoms with Gasteiger partial charge < -0.3 is 14.4 Å². The number of aromatic nitrogens is 1. The van der Waals surface area contributed by atoms with Crippen LogP contribution in [0, 0.1) is 0 Å². The fraction of sp³-hybridized carbons (Fsp3) is 0.286. The van der Waals surface area contributed by atoms with Crippen LogP contribution in [0.4, 0.5) is 0 Å². The minimum Gasteiger partial charge on any atom is -0.497 e. The first-order chi connectivity index (χ1) is 9.58. The third-order valence-corrected chi connectivity index (χ3v) is 2.79. The molecule has 1 heterocycles. The molecule has 0 spiro atoms. The van der Waals surface area contributed by atoms with E-state index in [1.165, 1.54) is 6.07 Å². The predicted molar refractivity (Wildman–Crippen MR) is 71.6 cm³/mol. The molecule has 2 aromatic rings. The molecule has 20 heavy (non-hydrogen) atoms. The van der Waals surface area contributed by atoms with Crippen molar-refractivity contribution in [3.63, 3.8) is 0 Å². The van der Waals surface area contributed by atoms with Crippen LogP contribution in [-0.2, 0) is 13.1 Å². The van der Waals surface area contributed by atoms with Gasteiger partial charge in [-0.25, -0.2) is 4.79 Å². The number of carboxylic acids is 1. The Morgan fingerprint density at radius 3 is 2.85 bits per heavy atom. The Morgan fingerprint density at radius 1 is 1.40 bits per heavy atom. The summed E-state index contributed by atoms with van der Waals surface area (Å²) in [5.41, 5.74) is 1.03. The van der Waals surface area contributed by atoms with Gasteiger partial charge in [0.1, 0.15) is 5.75 Å². The van der Waals surface area contributed by atoms with E-state index >= 15 is 0 Å². The van der Waals surface area contributed by atoms with Crippen LogP contribution in [0.25, 0.3) is 0 Å². The van der Waals surface area contributed by atoms with Crippen LogP contribution < -0.4 is 4.74 Å². The zero-order valence-corrected chi connectivity index (χ0v) is 11.4.